The molecule has 0 aliphatic heterocycles. The summed E-state index contributed by atoms with van der Waals surface area (Å²) < 4.78 is 52.0. The third-order valence-corrected chi connectivity index (χ3v) is 2.89. The summed E-state index contributed by atoms with van der Waals surface area (Å²) in [6.45, 7) is -0.345. The van der Waals surface area contributed by atoms with Crippen LogP contribution in [0.25, 0.3) is 0 Å². The van der Waals surface area contributed by atoms with E-state index in [0.717, 1.165) is 12.1 Å². The minimum atomic E-state index is -2.99. The Labute approximate surface area is 83.9 Å². The van der Waals surface area contributed by atoms with Crippen LogP contribution in [-0.2, 0) is 5.41 Å². The van der Waals surface area contributed by atoms with Crippen molar-refractivity contribution in [3.63, 3.8) is 0 Å². The van der Waals surface area contributed by atoms with Crippen LogP contribution in [0.5, 0.6) is 0 Å². The fourth-order valence-corrected chi connectivity index (χ4v) is 1.84. The zero-order valence-electron chi connectivity index (χ0n) is 7.74. The van der Waals surface area contributed by atoms with Gasteiger partial charge in [-0.15, -0.1) is 0 Å². The second kappa shape index (κ2) is 2.95. The number of hydrogen-bond acceptors (Lipinski definition) is 1. The van der Waals surface area contributed by atoms with E-state index >= 15 is 0 Å². The van der Waals surface area contributed by atoms with Gasteiger partial charge in [-0.1, -0.05) is 6.07 Å². The van der Waals surface area contributed by atoms with Gasteiger partial charge in [-0.05, 0) is 6.07 Å². The summed E-state index contributed by atoms with van der Waals surface area (Å²) in [7, 11) is 0. The molecule has 1 atom stereocenters. The van der Waals surface area contributed by atoms with E-state index in [1.165, 1.54) is 0 Å². The molecule has 1 nitrogen and oxygen atoms in total. The van der Waals surface area contributed by atoms with E-state index in [-0.39, 0.29) is 12.1 Å². The number of nitrogens with two attached hydrogens (primary N) is 1. The van der Waals surface area contributed by atoms with Crippen molar-refractivity contribution in [2.24, 2.45) is 5.73 Å². The summed E-state index contributed by atoms with van der Waals surface area (Å²) in [5, 5.41) is 0. The van der Waals surface area contributed by atoms with Gasteiger partial charge in [-0.3, -0.25) is 0 Å². The average molecular weight is 219 g/mol. The van der Waals surface area contributed by atoms with Crippen LogP contribution < -0.4 is 5.73 Å². The van der Waals surface area contributed by atoms with Gasteiger partial charge in [0.2, 0.25) is 0 Å². The zero-order chi connectivity index (χ0) is 11.3. The smallest absolute Gasteiger partial charge is 0.260 e. The third kappa shape index (κ3) is 1.33. The maximum absolute atomic E-state index is 13.3. The highest BCUT2D eigenvalue weighted by molar-refractivity contribution is 5.39. The number of benzene rings is 1. The maximum Gasteiger partial charge on any atom is 0.260 e. The summed E-state index contributed by atoms with van der Waals surface area (Å²) in [6.07, 6.45) is -0.473. The van der Waals surface area contributed by atoms with E-state index in [2.05, 4.69) is 0 Å². The third-order valence-electron chi connectivity index (χ3n) is 2.89. The highest BCUT2D eigenvalue weighted by Gasteiger charge is 2.71. The van der Waals surface area contributed by atoms with E-state index in [9.17, 15) is 17.6 Å². The maximum atomic E-state index is 13.3. The van der Waals surface area contributed by atoms with E-state index in [4.69, 9.17) is 5.73 Å². The normalized spacial score (nSPS) is 27.8. The van der Waals surface area contributed by atoms with Crippen LogP contribution >= 0.6 is 0 Å². The first-order chi connectivity index (χ1) is 6.93. The van der Waals surface area contributed by atoms with Crippen LogP contribution in [0.4, 0.5) is 17.6 Å². The van der Waals surface area contributed by atoms with Gasteiger partial charge in [-0.25, -0.2) is 17.6 Å². The summed E-state index contributed by atoms with van der Waals surface area (Å²) >= 11 is 0. The molecular formula is C10H9F4N. The molecule has 0 spiro atoms. The van der Waals surface area contributed by atoms with Gasteiger partial charge in [0.15, 0.2) is 0 Å². The molecule has 1 aromatic rings. The van der Waals surface area contributed by atoms with Gasteiger partial charge in [0.1, 0.15) is 11.6 Å². The molecule has 1 saturated carbocycles. The molecule has 0 heterocycles. The van der Waals surface area contributed by atoms with Gasteiger partial charge in [0, 0.05) is 24.6 Å². The van der Waals surface area contributed by atoms with E-state index in [0.29, 0.717) is 6.07 Å². The highest BCUT2D eigenvalue weighted by atomic mass is 19.3. The zero-order valence-corrected chi connectivity index (χ0v) is 7.74. The molecule has 0 amide bonds. The number of rotatable bonds is 2. The molecule has 1 aliphatic carbocycles. The molecule has 82 valence electrons. The van der Waals surface area contributed by atoms with Gasteiger partial charge < -0.3 is 5.73 Å². The Morgan fingerprint density at radius 2 is 1.87 bits per heavy atom. The van der Waals surface area contributed by atoms with Crippen LogP contribution in [0.1, 0.15) is 12.0 Å². The van der Waals surface area contributed by atoms with E-state index < -0.39 is 29.4 Å². The Hall–Kier alpha value is -1.10. The average Bonchev–Trinajstić information content (AvgIpc) is 2.69. The molecule has 0 saturated heterocycles. The Morgan fingerprint density at radius 1 is 1.27 bits per heavy atom. The van der Waals surface area contributed by atoms with Gasteiger partial charge in [-0.2, -0.15) is 0 Å². The van der Waals surface area contributed by atoms with Crippen molar-refractivity contribution in [2.45, 2.75) is 17.8 Å². The quantitative estimate of drug-likeness (QED) is 0.758. The first-order valence-electron chi connectivity index (χ1n) is 4.46. The fourth-order valence-electron chi connectivity index (χ4n) is 1.84. The van der Waals surface area contributed by atoms with Gasteiger partial charge >= 0.3 is 0 Å². The van der Waals surface area contributed by atoms with Crippen molar-refractivity contribution >= 4 is 0 Å². The molecule has 2 rings (SSSR count). The highest BCUT2D eigenvalue weighted by Crippen LogP contribution is 2.61. The Kier molecular flexibility index (Phi) is 2.05. The van der Waals surface area contributed by atoms with E-state index in [1.54, 1.807) is 0 Å². The van der Waals surface area contributed by atoms with Crippen molar-refractivity contribution in [3.05, 3.63) is 35.4 Å². The molecule has 0 aromatic heterocycles. The lowest BCUT2D eigenvalue weighted by Crippen LogP contribution is -2.27. The molecule has 15 heavy (non-hydrogen) atoms. The predicted molar refractivity (Wildman–Crippen MR) is 46.7 cm³/mol. The lowest BCUT2D eigenvalue weighted by molar-refractivity contribution is 0.0886. The molecule has 2 N–H and O–H groups in total. The van der Waals surface area contributed by atoms with Crippen molar-refractivity contribution in [3.8, 4) is 0 Å². The van der Waals surface area contributed by atoms with Crippen LogP contribution in [-0.4, -0.2) is 12.5 Å². The van der Waals surface area contributed by atoms with Gasteiger partial charge in [0.25, 0.3) is 5.92 Å². The Morgan fingerprint density at radius 3 is 2.27 bits per heavy atom. The summed E-state index contributed by atoms with van der Waals surface area (Å²) in [6, 6.07) is 2.60. The van der Waals surface area contributed by atoms with Crippen molar-refractivity contribution in [2.75, 3.05) is 6.54 Å². The summed E-state index contributed by atoms with van der Waals surface area (Å²) in [4.78, 5) is 0. The minimum Gasteiger partial charge on any atom is -0.329 e. The van der Waals surface area contributed by atoms with Crippen LogP contribution in [0, 0.1) is 11.6 Å². The first-order valence-corrected chi connectivity index (χ1v) is 4.46. The first kappa shape index (κ1) is 10.4. The number of alkyl halides is 2. The topological polar surface area (TPSA) is 26.0 Å². The van der Waals surface area contributed by atoms with Crippen molar-refractivity contribution in [1.29, 1.82) is 0 Å². The molecule has 5 heteroatoms. The van der Waals surface area contributed by atoms with Crippen LogP contribution in [0.3, 0.4) is 0 Å². The summed E-state index contributed by atoms with van der Waals surface area (Å²) in [5.74, 6) is -4.73. The Bertz CT molecular complexity index is 404. The molecule has 1 fully saturated rings. The predicted octanol–water partition coefficient (Wildman–Crippen LogP) is 2.20. The second-order valence-corrected chi connectivity index (χ2v) is 3.79. The molecule has 0 bridgehead atoms. The van der Waals surface area contributed by atoms with Crippen molar-refractivity contribution in [1.82, 2.24) is 0 Å². The lowest BCUT2D eigenvalue weighted by Gasteiger charge is -2.14. The molecule has 0 radical (unpaired) electrons. The summed E-state index contributed by atoms with van der Waals surface area (Å²) in [5.41, 5.74) is 3.41. The Balaban J connectivity index is 2.46. The second-order valence-electron chi connectivity index (χ2n) is 3.79. The lowest BCUT2D eigenvalue weighted by atomic mass is 9.95. The fraction of sp³-hybridized carbons (Fsp3) is 0.400. The van der Waals surface area contributed by atoms with Crippen LogP contribution in [0.2, 0.25) is 0 Å². The monoisotopic (exact) mass is 219 g/mol. The number of halogens is 4. The SMILES string of the molecule is NCC1(c2ccc(F)cc2F)CC1(F)F. The number of hydrogen-bond donors (Lipinski definition) is 1. The molecule has 1 unspecified atom stereocenters. The van der Waals surface area contributed by atoms with Crippen molar-refractivity contribution < 1.29 is 17.6 Å². The molecule has 1 aliphatic rings. The molecule has 1 aromatic carbocycles. The minimum absolute atomic E-state index is 0.198. The van der Waals surface area contributed by atoms with E-state index in [1.807, 2.05) is 0 Å². The standard InChI is InChI=1S/C10H9F4N/c11-6-1-2-7(8(12)3-6)9(5-15)4-10(9,13)14/h1-3H,4-5,15H2. The van der Waals surface area contributed by atoms with Gasteiger partial charge in [0.05, 0.1) is 5.41 Å². The largest absolute Gasteiger partial charge is 0.329 e. The molecular weight excluding hydrogens is 210 g/mol. The van der Waals surface area contributed by atoms with Crippen LogP contribution in [0.15, 0.2) is 18.2 Å².